The summed E-state index contributed by atoms with van der Waals surface area (Å²) in [6.07, 6.45) is 1.48. The summed E-state index contributed by atoms with van der Waals surface area (Å²) in [7, 11) is -3.37. The standard InChI is InChI=1S/C11H14BrN5O2S2/c12-9-1-2-11(20-9)21(18,19)17-5-3-16(4-6-17)7-10-13-8-14-15-10/h1-2,8H,3-7H2,(H,13,14,15). The lowest BCUT2D eigenvalue weighted by Gasteiger charge is -2.33. The summed E-state index contributed by atoms with van der Waals surface area (Å²) in [6, 6.07) is 3.41. The van der Waals surface area contributed by atoms with Crippen LogP contribution in [0.5, 0.6) is 0 Å². The van der Waals surface area contributed by atoms with E-state index in [2.05, 4.69) is 36.0 Å². The third kappa shape index (κ3) is 3.34. The SMILES string of the molecule is O=S(=O)(c1ccc(Br)s1)N1CCN(Cc2ncn[nH]2)CC1. The van der Waals surface area contributed by atoms with Crippen LogP contribution in [0.1, 0.15) is 5.82 Å². The zero-order chi connectivity index (χ0) is 14.9. The van der Waals surface area contributed by atoms with E-state index in [1.165, 1.54) is 17.7 Å². The molecule has 1 aliphatic rings. The van der Waals surface area contributed by atoms with Gasteiger partial charge in [-0.05, 0) is 28.1 Å². The smallest absolute Gasteiger partial charge is 0.252 e. The van der Waals surface area contributed by atoms with Gasteiger partial charge in [-0.15, -0.1) is 11.3 Å². The quantitative estimate of drug-likeness (QED) is 0.844. The van der Waals surface area contributed by atoms with E-state index in [1.807, 2.05) is 0 Å². The molecule has 7 nitrogen and oxygen atoms in total. The molecule has 0 aromatic carbocycles. The second kappa shape index (κ2) is 6.13. The first-order valence-electron chi connectivity index (χ1n) is 6.38. The molecule has 1 saturated heterocycles. The summed E-state index contributed by atoms with van der Waals surface area (Å²) in [5, 5.41) is 6.63. The minimum atomic E-state index is -3.37. The first-order valence-corrected chi connectivity index (χ1v) is 9.43. The predicted molar refractivity (Wildman–Crippen MR) is 82.4 cm³/mol. The highest BCUT2D eigenvalue weighted by Crippen LogP contribution is 2.28. The number of rotatable bonds is 4. The lowest BCUT2D eigenvalue weighted by molar-refractivity contribution is 0.178. The molecule has 1 N–H and O–H groups in total. The maximum atomic E-state index is 12.5. The van der Waals surface area contributed by atoms with Crippen LogP contribution in [0.25, 0.3) is 0 Å². The van der Waals surface area contributed by atoms with Gasteiger partial charge in [-0.3, -0.25) is 10.00 Å². The van der Waals surface area contributed by atoms with Gasteiger partial charge >= 0.3 is 0 Å². The minimum absolute atomic E-state index is 0.387. The average molecular weight is 392 g/mol. The first-order chi connectivity index (χ1) is 10.1. The Hall–Kier alpha value is -0.810. The van der Waals surface area contributed by atoms with Crippen molar-refractivity contribution in [2.24, 2.45) is 0 Å². The van der Waals surface area contributed by atoms with Gasteiger partial charge in [0.05, 0.1) is 10.3 Å². The number of H-pyrrole nitrogens is 1. The summed E-state index contributed by atoms with van der Waals surface area (Å²) >= 11 is 4.55. The number of hydrogen-bond donors (Lipinski definition) is 1. The van der Waals surface area contributed by atoms with E-state index < -0.39 is 10.0 Å². The molecule has 0 saturated carbocycles. The molecule has 0 radical (unpaired) electrons. The Morgan fingerprint density at radius 1 is 1.29 bits per heavy atom. The Bertz CT molecular complexity index is 692. The molecule has 21 heavy (non-hydrogen) atoms. The number of thiophene rings is 1. The fourth-order valence-corrected chi connectivity index (χ4v) is 5.80. The van der Waals surface area contributed by atoms with Crippen LogP contribution in [0.2, 0.25) is 0 Å². The minimum Gasteiger partial charge on any atom is -0.293 e. The Kier molecular flexibility index (Phi) is 4.41. The molecule has 0 atom stereocenters. The number of halogens is 1. The lowest BCUT2D eigenvalue weighted by Crippen LogP contribution is -2.48. The normalized spacial score (nSPS) is 18.1. The largest absolute Gasteiger partial charge is 0.293 e. The Morgan fingerprint density at radius 2 is 2.05 bits per heavy atom. The number of aromatic amines is 1. The Balaban J connectivity index is 1.63. The van der Waals surface area contributed by atoms with Crippen molar-refractivity contribution in [3.05, 3.63) is 28.1 Å². The van der Waals surface area contributed by atoms with Crippen molar-refractivity contribution in [2.75, 3.05) is 26.2 Å². The van der Waals surface area contributed by atoms with Crippen molar-refractivity contribution >= 4 is 37.3 Å². The van der Waals surface area contributed by atoms with Crippen LogP contribution in [0.4, 0.5) is 0 Å². The van der Waals surface area contributed by atoms with Gasteiger partial charge in [-0.25, -0.2) is 13.4 Å². The summed E-state index contributed by atoms with van der Waals surface area (Å²) in [5.41, 5.74) is 0. The molecule has 10 heteroatoms. The molecule has 1 fully saturated rings. The van der Waals surface area contributed by atoms with Crippen LogP contribution in [-0.2, 0) is 16.6 Å². The summed E-state index contributed by atoms with van der Waals surface area (Å²) < 4.78 is 27.7. The predicted octanol–water partition coefficient (Wildman–Crippen LogP) is 1.14. The maximum Gasteiger partial charge on any atom is 0.252 e. The molecule has 0 unspecified atom stereocenters. The second-order valence-corrected chi connectivity index (χ2v) is 9.30. The molecule has 114 valence electrons. The van der Waals surface area contributed by atoms with E-state index in [4.69, 9.17) is 0 Å². The van der Waals surface area contributed by atoms with Crippen molar-refractivity contribution < 1.29 is 8.42 Å². The number of nitrogens with zero attached hydrogens (tertiary/aromatic N) is 4. The van der Waals surface area contributed by atoms with Gasteiger partial charge < -0.3 is 0 Å². The molecule has 0 spiro atoms. The Morgan fingerprint density at radius 3 is 2.62 bits per heavy atom. The van der Waals surface area contributed by atoms with Crippen molar-refractivity contribution in [1.82, 2.24) is 24.4 Å². The van der Waals surface area contributed by atoms with Gasteiger partial charge in [0.25, 0.3) is 10.0 Å². The fraction of sp³-hybridized carbons (Fsp3) is 0.455. The lowest BCUT2D eigenvalue weighted by atomic mass is 10.3. The highest BCUT2D eigenvalue weighted by Gasteiger charge is 2.29. The van der Waals surface area contributed by atoms with Crippen molar-refractivity contribution in [3.8, 4) is 0 Å². The van der Waals surface area contributed by atoms with Crippen LogP contribution >= 0.6 is 27.3 Å². The average Bonchev–Trinajstić information content (AvgIpc) is 3.11. The number of sulfonamides is 1. The highest BCUT2D eigenvalue weighted by atomic mass is 79.9. The summed E-state index contributed by atoms with van der Waals surface area (Å²) in [4.78, 5) is 6.25. The Labute approximate surface area is 135 Å². The van der Waals surface area contributed by atoms with E-state index >= 15 is 0 Å². The molecular weight excluding hydrogens is 378 g/mol. The highest BCUT2D eigenvalue weighted by molar-refractivity contribution is 9.11. The molecule has 3 rings (SSSR count). The van der Waals surface area contributed by atoms with Gasteiger partial charge in [0, 0.05) is 26.2 Å². The molecular formula is C11H14BrN5O2S2. The van der Waals surface area contributed by atoms with Crippen LogP contribution in [0.15, 0.2) is 26.5 Å². The van der Waals surface area contributed by atoms with E-state index in [0.717, 1.165) is 9.61 Å². The van der Waals surface area contributed by atoms with E-state index in [0.29, 0.717) is 36.9 Å². The van der Waals surface area contributed by atoms with Crippen LogP contribution < -0.4 is 0 Å². The second-order valence-electron chi connectivity index (χ2n) is 4.67. The monoisotopic (exact) mass is 391 g/mol. The number of aromatic nitrogens is 3. The van der Waals surface area contributed by atoms with Gasteiger partial charge in [-0.2, -0.15) is 9.40 Å². The van der Waals surface area contributed by atoms with Crippen molar-refractivity contribution in [2.45, 2.75) is 10.8 Å². The number of nitrogens with one attached hydrogen (secondary N) is 1. The van der Waals surface area contributed by atoms with Gasteiger partial charge in [-0.1, -0.05) is 0 Å². The van der Waals surface area contributed by atoms with Crippen LogP contribution in [0, 0.1) is 0 Å². The zero-order valence-corrected chi connectivity index (χ0v) is 14.3. The van der Waals surface area contributed by atoms with Gasteiger partial charge in [0.2, 0.25) is 0 Å². The zero-order valence-electron chi connectivity index (χ0n) is 11.1. The van der Waals surface area contributed by atoms with Crippen LogP contribution in [-0.4, -0.2) is 59.0 Å². The van der Waals surface area contributed by atoms with E-state index in [9.17, 15) is 8.42 Å². The first kappa shape index (κ1) is 15.1. The molecule has 3 heterocycles. The van der Waals surface area contributed by atoms with Gasteiger partial charge in [0.1, 0.15) is 16.4 Å². The van der Waals surface area contributed by atoms with Gasteiger partial charge in [0.15, 0.2) is 0 Å². The molecule has 0 aliphatic carbocycles. The number of hydrogen-bond acceptors (Lipinski definition) is 6. The summed E-state index contributed by atoms with van der Waals surface area (Å²) in [6.45, 7) is 3.02. The molecule has 2 aromatic heterocycles. The molecule has 1 aliphatic heterocycles. The number of piperazine rings is 1. The van der Waals surface area contributed by atoms with Crippen molar-refractivity contribution in [1.29, 1.82) is 0 Å². The molecule has 0 bridgehead atoms. The topological polar surface area (TPSA) is 82.2 Å². The van der Waals surface area contributed by atoms with Crippen molar-refractivity contribution in [3.63, 3.8) is 0 Å². The maximum absolute atomic E-state index is 12.5. The third-order valence-corrected chi connectivity index (χ3v) is 7.30. The molecule has 2 aromatic rings. The third-order valence-electron chi connectivity index (χ3n) is 3.31. The summed E-state index contributed by atoms with van der Waals surface area (Å²) in [5.74, 6) is 0.800. The van der Waals surface area contributed by atoms with Crippen LogP contribution in [0.3, 0.4) is 0 Å². The van der Waals surface area contributed by atoms with E-state index in [1.54, 1.807) is 16.4 Å². The molecule has 0 amide bonds. The fourth-order valence-electron chi connectivity index (χ4n) is 2.21. The van der Waals surface area contributed by atoms with E-state index in [-0.39, 0.29) is 0 Å².